The average molecular weight is 236 g/mol. The van der Waals surface area contributed by atoms with E-state index in [2.05, 4.69) is 29.5 Å². The number of nitrogens with zero attached hydrogens (tertiary/aromatic N) is 3. The molecule has 4 heteroatoms. The van der Waals surface area contributed by atoms with Crippen molar-refractivity contribution in [1.82, 2.24) is 9.55 Å². The molecule has 1 aliphatic heterocycles. The maximum absolute atomic E-state index is 5.73. The molecule has 1 fully saturated rings. The standard InChI is InChI=1S/C13H24N4/c1-3-12-10-16(4-2)13(15-12)17-7-5-11(9-14)6-8-17/h10-11H,3-9,14H2,1-2H3. The quantitative estimate of drug-likeness (QED) is 0.864. The number of rotatable bonds is 4. The van der Waals surface area contributed by atoms with Crippen molar-refractivity contribution in [2.45, 2.75) is 39.7 Å². The number of nitrogens with two attached hydrogens (primary N) is 1. The summed E-state index contributed by atoms with van der Waals surface area (Å²) >= 11 is 0. The van der Waals surface area contributed by atoms with E-state index >= 15 is 0 Å². The zero-order chi connectivity index (χ0) is 12.3. The summed E-state index contributed by atoms with van der Waals surface area (Å²) in [6.45, 7) is 8.36. The molecule has 1 aliphatic rings. The Labute approximate surface area is 104 Å². The van der Waals surface area contributed by atoms with Crippen LogP contribution in [0, 0.1) is 5.92 Å². The number of anilines is 1. The van der Waals surface area contributed by atoms with Crippen molar-refractivity contribution in [2.75, 3.05) is 24.5 Å². The summed E-state index contributed by atoms with van der Waals surface area (Å²) in [5, 5.41) is 0. The van der Waals surface area contributed by atoms with Crippen LogP contribution in [0.25, 0.3) is 0 Å². The topological polar surface area (TPSA) is 47.1 Å². The zero-order valence-electron chi connectivity index (χ0n) is 11.0. The van der Waals surface area contributed by atoms with E-state index in [1.54, 1.807) is 0 Å². The van der Waals surface area contributed by atoms with Gasteiger partial charge in [0.2, 0.25) is 5.95 Å². The van der Waals surface area contributed by atoms with E-state index in [4.69, 9.17) is 10.7 Å². The van der Waals surface area contributed by atoms with E-state index < -0.39 is 0 Å². The third-order valence-corrected chi connectivity index (χ3v) is 3.74. The lowest BCUT2D eigenvalue weighted by Crippen LogP contribution is -2.37. The summed E-state index contributed by atoms with van der Waals surface area (Å²) in [6.07, 6.45) is 5.60. The van der Waals surface area contributed by atoms with Crippen molar-refractivity contribution in [3.8, 4) is 0 Å². The number of hydrogen-bond acceptors (Lipinski definition) is 3. The van der Waals surface area contributed by atoms with Gasteiger partial charge in [0, 0.05) is 25.8 Å². The van der Waals surface area contributed by atoms with Gasteiger partial charge in [-0.2, -0.15) is 0 Å². The second-order valence-corrected chi connectivity index (χ2v) is 4.84. The lowest BCUT2D eigenvalue weighted by Gasteiger charge is -2.32. The molecule has 2 heterocycles. The highest BCUT2D eigenvalue weighted by molar-refractivity contribution is 5.34. The molecular weight excluding hydrogens is 212 g/mol. The largest absolute Gasteiger partial charge is 0.342 e. The molecule has 2 rings (SSSR count). The van der Waals surface area contributed by atoms with Crippen molar-refractivity contribution >= 4 is 5.95 Å². The minimum absolute atomic E-state index is 0.710. The molecule has 4 nitrogen and oxygen atoms in total. The zero-order valence-corrected chi connectivity index (χ0v) is 11.0. The van der Waals surface area contributed by atoms with Gasteiger partial charge in [-0.3, -0.25) is 0 Å². The molecule has 17 heavy (non-hydrogen) atoms. The van der Waals surface area contributed by atoms with E-state index in [9.17, 15) is 0 Å². The summed E-state index contributed by atoms with van der Waals surface area (Å²) in [5.74, 6) is 1.86. The van der Waals surface area contributed by atoms with Crippen molar-refractivity contribution in [3.05, 3.63) is 11.9 Å². The van der Waals surface area contributed by atoms with E-state index in [0.717, 1.165) is 38.5 Å². The van der Waals surface area contributed by atoms with Gasteiger partial charge in [0.15, 0.2) is 0 Å². The minimum Gasteiger partial charge on any atom is -0.342 e. The van der Waals surface area contributed by atoms with Crippen molar-refractivity contribution in [1.29, 1.82) is 0 Å². The van der Waals surface area contributed by atoms with Gasteiger partial charge in [-0.05, 0) is 38.6 Å². The Kier molecular flexibility index (Phi) is 4.05. The molecule has 0 spiro atoms. The number of piperidine rings is 1. The fraction of sp³-hybridized carbons (Fsp3) is 0.769. The monoisotopic (exact) mass is 236 g/mol. The minimum atomic E-state index is 0.710. The molecule has 0 bridgehead atoms. The van der Waals surface area contributed by atoms with Crippen LogP contribution in [0.15, 0.2) is 6.20 Å². The molecule has 0 atom stereocenters. The molecule has 96 valence electrons. The first-order chi connectivity index (χ1) is 8.28. The van der Waals surface area contributed by atoms with Gasteiger partial charge in [-0.15, -0.1) is 0 Å². The summed E-state index contributed by atoms with van der Waals surface area (Å²) in [6, 6.07) is 0. The molecule has 0 aromatic carbocycles. The Morgan fingerprint density at radius 1 is 1.35 bits per heavy atom. The third-order valence-electron chi connectivity index (χ3n) is 3.74. The van der Waals surface area contributed by atoms with Crippen LogP contribution >= 0.6 is 0 Å². The molecular formula is C13H24N4. The average Bonchev–Trinajstić information content (AvgIpc) is 2.82. The van der Waals surface area contributed by atoms with Crippen LogP contribution in [0.4, 0.5) is 5.95 Å². The SMILES string of the molecule is CCc1cn(CC)c(N2CCC(CN)CC2)n1. The van der Waals surface area contributed by atoms with Crippen LogP contribution in [-0.2, 0) is 13.0 Å². The Morgan fingerprint density at radius 2 is 2.06 bits per heavy atom. The molecule has 0 radical (unpaired) electrons. The van der Waals surface area contributed by atoms with Crippen LogP contribution < -0.4 is 10.6 Å². The second kappa shape index (κ2) is 5.54. The highest BCUT2D eigenvalue weighted by atomic mass is 15.3. The summed E-state index contributed by atoms with van der Waals surface area (Å²) < 4.78 is 2.27. The third kappa shape index (κ3) is 2.63. The van der Waals surface area contributed by atoms with Gasteiger partial charge in [-0.25, -0.2) is 4.98 Å². The fourth-order valence-corrected chi connectivity index (χ4v) is 2.48. The van der Waals surface area contributed by atoms with Gasteiger partial charge in [0.25, 0.3) is 0 Å². The van der Waals surface area contributed by atoms with Gasteiger partial charge < -0.3 is 15.2 Å². The first-order valence-electron chi connectivity index (χ1n) is 6.79. The van der Waals surface area contributed by atoms with Crippen LogP contribution in [0.1, 0.15) is 32.4 Å². The fourth-order valence-electron chi connectivity index (χ4n) is 2.48. The number of hydrogen-bond donors (Lipinski definition) is 1. The second-order valence-electron chi connectivity index (χ2n) is 4.84. The molecule has 0 unspecified atom stereocenters. The highest BCUT2D eigenvalue weighted by Crippen LogP contribution is 2.22. The summed E-state index contributed by atoms with van der Waals surface area (Å²) in [5.41, 5.74) is 6.93. The van der Waals surface area contributed by atoms with Crippen molar-refractivity contribution in [3.63, 3.8) is 0 Å². The van der Waals surface area contributed by atoms with Crippen LogP contribution in [0.2, 0.25) is 0 Å². The molecule has 0 amide bonds. The number of imidazole rings is 1. The predicted molar refractivity (Wildman–Crippen MR) is 71.3 cm³/mol. The summed E-state index contributed by atoms with van der Waals surface area (Å²) in [4.78, 5) is 7.14. The number of aromatic nitrogens is 2. The number of aryl methyl sites for hydroxylation is 2. The lowest BCUT2D eigenvalue weighted by molar-refractivity contribution is 0.408. The summed E-state index contributed by atoms with van der Waals surface area (Å²) in [7, 11) is 0. The van der Waals surface area contributed by atoms with Gasteiger partial charge in [0.1, 0.15) is 0 Å². The molecule has 0 aliphatic carbocycles. The Balaban J connectivity index is 2.09. The first-order valence-corrected chi connectivity index (χ1v) is 6.79. The Bertz CT molecular complexity index is 350. The molecule has 1 aromatic heterocycles. The van der Waals surface area contributed by atoms with E-state index in [1.165, 1.54) is 18.5 Å². The molecule has 0 saturated carbocycles. The van der Waals surface area contributed by atoms with Gasteiger partial charge >= 0.3 is 0 Å². The Morgan fingerprint density at radius 3 is 2.59 bits per heavy atom. The molecule has 1 aromatic rings. The van der Waals surface area contributed by atoms with Crippen molar-refractivity contribution < 1.29 is 0 Å². The highest BCUT2D eigenvalue weighted by Gasteiger charge is 2.21. The maximum Gasteiger partial charge on any atom is 0.205 e. The first kappa shape index (κ1) is 12.4. The maximum atomic E-state index is 5.73. The molecule has 1 saturated heterocycles. The Hall–Kier alpha value is -1.03. The van der Waals surface area contributed by atoms with Gasteiger partial charge in [0.05, 0.1) is 5.69 Å². The van der Waals surface area contributed by atoms with E-state index in [-0.39, 0.29) is 0 Å². The van der Waals surface area contributed by atoms with Crippen molar-refractivity contribution in [2.24, 2.45) is 11.7 Å². The molecule has 2 N–H and O–H groups in total. The normalized spacial score (nSPS) is 17.7. The lowest BCUT2D eigenvalue weighted by atomic mass is 9.97. The van der Waals surface area contributed by atoms with Crippen LogP contribution in [0.5, 0.6) is 0 Å². The van der Waals surface area contributed by atoms with E-state index in [1.807, 2.05) is 0 Å². The predicted octanol–water partition coefficient (Wildman–Crippen LogP) is 1.64. The smallest absolute Gasteiger partial charge is 0.205 e. The van der Waals surface area contributed by atoms with E-state index in [0.29, 0.717) is 5.92 Å². The van der Waals surface area contributed by atoms with Crippen LogP contribution in [0.3, 0.4) is 0 Å². The van der Waals surface area contributed by atoms with Gasteiger partial charge in [-0.1, -0.05) is 6.92 Å². The van der Waals surface area contributed by atoms with Crippen LogP contribution in [-0.4, -0.2) is 29.2 Å².